The van der Waals surface area contributed by atoms with Crippen molar-refractivity contribution in [3.63, 3.8) is 0 Å². The van der Waals surface area contributed by atoms with Gasteiger partial charge in [-0.15, -0.1) is 0 Å². The molecule has 0 fully saturated rings. The molecule has 4 unspecified atom stereocenters. The molecule has 4 nitrogen and oxygen atoms in total. The van der Waals surface area contributed by atoms with E-state index >= 15 is 0 Å². The molecule has 4 N–H and O–H groups in total. The summed E-state index contributed by atoms with van der Waals surface area (Å²) >= 11 is 14.8. The van der Waals surface area contributed by atoms with Gasteiger partial charge in [-0.1, -0.05) is 27.7 Å². The van der Waals surface area contributed by atoms with Crippen molar-refractivity contribution in [3.8, 4) is 11.5 Å². The maximum atomic E-state index is 6.16. The highest BCUT2D eigenvalue weighted by Crippen LogP contribution is 2.44. The average Bonchev–Trinajstić information content (AvgIpc) is 2.76. The molecular formula is C25H34Br4N2O2. The van der Waals surface area contributed by atoms with Gasteiger partial charge in [0, 0.05) is 17.5 Å². The summed E-state index contributed by atoms with van der Waals surface area (Å²) in [5, 5.41) is 0. The molecule has 0 spiro atoms. The fourth-order valence-corrected chi connectivity index (χ4v) is 6.19. The lowest BCUT2D eigenvalue weighted by molar-refractivity contribution is 0.184. The maximum absolute atomic E-state index is 6.16. The normalized spacial score (nSPS) is 15.6. The highest BCUT2D eigenvalue weighted by atomic mass is 79.9. The smallest absolute Gasteiger partial charge is 0.148 e. The molecule has 184 valence electrons. The van der Waals surface area contributed by atoms with Crippen LogP contribution in [0.5, 0.6) is 11.5 Å². The molecule has 2 aromatic carbocycles. The summed E-state index contributed by atoms with van der Waals surface area (Å²) < 4.78 is 15.9. The number of halogens is 4. The van der Waals surface area contributed by atoms with E-state index in [1.807, 2.05) is 13.8 Å². The van der Waals surface area contributed by atoms with Crippen molar-refractivity contribution >= 4 is 63.7 Å². The van der Waals surface area contributed by atoms with E-state index in [0.717, 1.165) is 53.4 Å². The van der Waals surface area contributed by atoms with Crippen molar-refractivity contribution in [2.24, 2.45) is 11.5 Å². The first-order chi connectivity index (χ1) is 15.3. The van der Waals surface area contributed by atoms with Crippen molar-refractivity contribution < 1.29 is 9.47 Å². The summed E-state index contributed by atoms with van der Waals surface area (Å²) in [6.07, 6.45) is 1.52. The van der Waals surface area contributed by atoms with Crippen LogP contribution in [0.1, 0.15) is 65.5 Å². The number of hydrogen-bond acceptors (Lipinski definition) is 4. The van der Waals surface area contributed by atoms with E-state index in [1.54, 1.807) is 0 Å². The zero-order chi connectivity index (χ0) is 25.1. The Balaban J connectivity index is 2.39. The van der Waals surface area contributed by atoms with Gasteiger partial charge in [0.2, 0.25) is 0 Å². The fraction of sp³-hybridized carbons (Fsp3) is 0.520. The van der Waals surface area contributed by atoms with Crippen LogP contribution < -0.4 is 20.9 Å². The first-order valence-electron chi connectivity index (χ1n) is 11.2. The van der Waals surface area contributed by atoms with E-state index in [1.165, 1.54) is 0 Å². The zero-order valence-corrected chi connectivity index (χ0v) is 26.4. The minimum Gasteiger partial charge on any atom is -0.487 e. The summed E-state index contributed by atoms with van der Waals surface area (Å²) in [5.41, 5.74) is 14.3. The van der Waals surface area contributed by atoms with Crippen LogP contribution in [-0.4, -0.2) is 24.3 Å². The third kappa shape index (κ3) is 6.98. The quantitative estimate of drug-likeness (QED) is 0.261. The van der Waals surface area contributed by atoms with E-state index in [0.29, 0.717) is 0 Å². The minimum atomic E-state index is -0.288. The molecule has 0 aliphatic heterocycles. The van der Waals surface area contributed by atoms with Crippen molar-refractivity contribution in [3.05, 3.63) is 53.3 Å². The standard InChI is InChI=1S/C25H34Br4N2O2/c1-7-21(30)13(3)32-23-17(26)9-15(10-18(23)27)25(5,6)16-11-19(28)24(20(29)12-16)33-14(4)22(31)8-2/h9-14,21-22H,7-8,30-31H2,1-6H3. The molecular weight excluding hydrogens is 680 g/mol. The lowest BCUT2D eigenvalue weighted by atomic mass is 9.78. The molecule has 33 heavy (non-hydrogen) atoms. The lowest BCUT2D eigenvalue weighted by Crippen LogP contribution is -2.36. The van der Waals surface area contributed by atoms with Crippen molar-refractivity contribution in [1.82, 2.24) is 0 Å². The van der Waals surface area contributed by atoms with Crippen LogP contribution in [0, 0.1) is 0 Å². The molecule has 0 bridgehead atoms. The average molecular weight is 714 g/mol. The molecule has 2 rings (SSSR count). The molecule has 0 aliphatic carbocycles. The Kier molecular flexibility index (Phi) is 10.8. The molecule has 2 aromatic rings. The monoisotopic (exact) mass is 710 g/mol. The molecule has 8 heteroatoms. The van der Waals surface area contributed by atoms with Gasteiger partial charge in [0.25, 0.3) is 0 Å². The van der Waals surface area contributed by atoms with Crippen LogP contribution in [0.4, 0.5) is 0 Å². The molecule has 0 heterocycles. The molecule has 0 aliphatic rings. The number of ether oxygens (including phenoxy) is 2. The number of nitrogens with two attached hydrogens (primary N) is 2. The lowest BCUT2D eigenvalue weighted by Gasteiger charge is -2.29. The number of rotatable bonds is 10. The SMILES string of the molecule is CCC(N)C(C)Oc1c(Br)cc(C(C)(C)c2cc(Br)c(OC(C)C(N)CC)c(Br)c2)cc1Br. The van der Waals surface area contributed by atoms with Gasteiger partial charge in [-0.05, 0) is 126 Å². The van der Waals surface area contributed by atoms with Crippen molar-refractivity contribution in [2.75, 3.05) is 0 Å². The second-order valence-corrected chi connectivity index (χ2v) is 12.4. The summed E-state index contributed by atoms with van der Waals surface area (Å²) in [4.78, 5) is 0. The van der Waals surface area contributed by atoms with Gasteiger partial charge in [-0.3, -0.25) is 0 Å². The van der Waals surface area contributed by atoms with Crippen LogP contribution in [0.2, 0.25) is 0 Å². The van der Waals surface area contributed by atoms with E-state index in [9.17, 15) is 0 Å². The van der Waals surface area contributed by atoms with Gasteiger partial charge in [-0.2, -0.15) is 0 Å². The van der Waals surface area contributed by atoms with Crippen LogP contribution in [0.3, 0.4) is 0 Å². The Bertz CT molecular complexity index is 846. The Hall–Kier alpha value is -0.120. The largest absolute Gasteiger partial charge is 0.487 e. The van der Waals surface area contributed by atoms with Crippen LogP contribution in [-0.2, 0) is 5.41 Å². The Labute approximate surface area is 232 Å². The van der Waals surface area contributed by atoms with Gasteiger partial charge < -0.3 is 20.9 Å². The van der Waals surface area contributed by atoms with Crippen molar-refractivity contribution in [2.45, 2.75) is 84.1 Å². The molecule has 0 saturated heterocycles. The Morgan fingerprint density at radius 2 is 0.970 bits per heavy atom. The summed E-state index contributed by atoms with van der Waals surface area (Å²) in [5.74, 6) is 1.52. The van der Waals surface area contributed by atoms with Crippen molar-refractivity contribution in [1.29, 1.82) is 0 Å². The highest BCUT2D eigenvalue weighted by Gasteiger charge is 2.28. The second kappa shape index (κ2) is 12.2. The Morgan fingerprint density at radius 3 is 1.21 bits per heavy atom. The minimum absolute atomic E-state index is 0.0232. The molecule has 0 radical (unpaired) electrons. The number of benzene rings is 2. The van der Waals surface area contributed by atoms with Gasteiger partial charge >= 0.3 is 0 Å². The Morgan fingerprint density at radius 1 is 0.697 bits per heavy atom. The second-order valence-electron chi connectivity index (χ2n) is 8.95. The van der Waals surface area contributed by atoms with Crippen LogP contribution in [0.25, 0.3) is 0 Å². The van der Waals surface area contributed by atoms with E-state index < -0.39 is 0 Å². The van der Waals surface area contributed by atoms with Gasteiger partial charge in [0.15, 0.2) is 0 Å². The molecule has 4 atom stereocenters. The van der Waals surface area contributed by atoms with Crippen LogP contribution in [0.15, 0.2) is 42.2 Å². The third-order valence-corrected chi connectivity index (χ3v) is 8.55. The summed E-state index contributed by atoms with van der Waals surface area (Å²) in [6, 6.07) is 8.39. The topological polar surface area (TPSA) is 70.5 Å². The van der Waals surface area contributed by atoms with Gasteiger partial charge in [-0.25, -0.2) is 0 Å². The first kappa shape index (κ1) is 29.1. The highest BCUT2D eigenvalue weighted by molar-refractivity contribution is 9.11. The fourth-order valence-electron chi connectivity index (χ4n) is 3.44. The maximum Gasteiger partial charge on any atom is 0.148 e. The van der Waals surface area contributed by atoms with E-state index in [4.69, 9.17) is 20.9 Å². The summed E-state index contributed by atoms with van der Waals surface area (Å²) in [7, 11) is 0. The molecule has 0 amide bonds. The van der Waals surface area contributed by atoms with Gasteiger partial charge in [0.05, 0.1) is 17.9 Å². The summed E-state index contributed by atoms with van der Waals surface area (Å²) in [6.45, 7) is 12.5. The van der Waals surface area contributed by atoms with Crippen LogP contribution >= 0.6 is 63.7 Å². The molecule has 0 aromatic heterocycles. The van der Waals surface area contributed by atoms with E-state index in [2.05, 4.69) is 116 Å². The van der Waals surface area contributed by atoms with Gasteiger partial charge in [0.1, 0.15) is 23.7 Å². The zero-order valence-electron chi connectivity index (χ0n) is 20.0. The molecule has 0 saturated carbocycles. The predicted molar refractivity (Wildman–Crippen MR) is 153 cm³/mol. The van der Waals surface area contributed by atoms with E-state index in [-0.39, 0.29) is 29.7 Å². The third-order valence-electron chi connectivity index (χ3n) is 6.20. The number of hydrogen-bond donors (Lipinski definition) is 2. The first-order valence-corrected chi connectivity index (χ1v) is 14.3. The predicted octanol–water partition coefficient (Wildman–Crippen LogP) is 8.07.